The predicted molar refractivity (Wildman–Crippen MR) is 139 cm³/mol. The lowest BCUT2D eigenvalue weighted by Crippen LogP contribution is -2.32. The summed E-state index contributed by atoms with van der Waals surface area (Å²) in [4.78, 5) is 30.0. The van der Waals surface area contributed by atoms with Crippen LogP contribution in [0.15, 0.2) is 48.0 Å². The number of carbonyl (C=O) groups excluding carboxylic acids is 2. The molecule has 0 spiro atoms. The summed E-state index contributed by atoms with van der Waals surface area (Å²) in [6.45, 7) is 3.78. The van der Waals surface area contributed by atoms with Crippen LogP contribution in [0.3, 0.4) is 0 Å². The standard InChI is InChI=1S/C28H36N2O6/c1-6-7-17-36-20-11-9-19(10-12-20)26(31)24-25(22-18-21(34-4)13-14-23(22)35-5)30(28(33)27(24)32)16-8-15-29(2)3/h9-14,18,25,31H,6-8,15-17H2,1-5H3. The Morgan fingerprint density at radius 3 is 2.31 bits per heavy atom. The van der Waals surface area contributed by atoms with Gasteiger partial charge in [0.05, 0.1) is 32.4 Å². The van der Waals surface area contributed by atoms with Crippen molar-refractivity contribution in [2.24, 2.45) is 0 Å². The highest BCUT2D eigenvalue weighted by molar-refractivity contribution is 6.46. The number of unbranched alkanes of at least 4 members (excludes halogenated alkanes) is 1. The van der Waals surface area contributed by atoms with Crippen LogP contribution in [-0.2, 0) is 9.59 Å². The molecule has 8 nitrogen and oxygen atoms in total. The average molecular weight is 497 g/mol. The lowest BCUT2D eigenvalue weighted by Gasteiger charge is -2.27. The van der Waals surface area contributed by atoms with Crippen molar-refractivity contribution in [1.29, 1.82) is 0 Å². The molecule has 1 atom stereocenters. The molecule has 1 fully saturated rings. The Morgan fingerprint density at radius 2 is 1.69 bits per heavy atom. The van der Waals surface area contributed by atoms with Crippen molar-refractivity contribution >= 4 is 17.4 Å². The molecule has 2 aromatic rings. The number of aliphatic hydroxyl groups is 1. The first kappa shape index (κ1) is 27.1. The summed E-state index contributed by atoms with van der Waals surface area (Å²) in [6, 6.07) is 11.3. The van der Waals surface area contributed by atoms with Gasteiger partial charge in [-0.2, -0.15) is 0 Å². The van der Waals surface area contributed by atoms with Crippen LogP contribution >= 0.6 is 0 Å². The highest BCUT2D eigenvalue weighted by Crippen LogP contribution is 2.44. The van der Waals surface area contributed by atoms with E-state index in [9.17, 15) is 14.7 Å². The molecule has 3 rings (SSSR count). The smallest absolute Gasteiger partial charge is 0.295 e. The fourth-order valence-corrected chi connectivity index (χ4v) is 4.24. The maximum absolute atomic E-state index is 13.3. The SMILES string of the molecule is CCCCOc1ccc(C(O)=C2C(=O)C(=O)N(CCCN(C)C)C2c2cc(OC)ccc2OC)cc1. The number of aliphatic hydroxyl groups excluding tert-OH is 1. The third kappa shape index (κ3) is 5.99. The molecule has 0 bridgehead atoms. The number of hydrogen-bond acceptors (Lipinski definition) is 7. The molecule has 0 saturated carbocycles. The van der Waals surface area contributed by atoms with Crippen molar-refractivity contribution in [2.75, 3.05) is 48.0 Å². The van der Waals surface area contributed by atoms with Crippen molar-refractivity contribution in [3.63, 3.8) is 0 Å². The second kappa shape index (κ2) is 12.4. The molecule has 36 heavy (non-hydrogen) atoms. The lowest BCUT2D eigenvalue weighted by atomic mass is 9.94. The van der Waals surface area contributed by atoms with Gasteiger partial charge in [-0.05, 0) is 75.9 Å². The van der Waals surface area contributed by atoms with Crippen molar-refractivity contribution < 1.29 is 28.9 Å². The Bertz CT molecular complexity index is 1090. The Kier molecular flexibility index (Phi) is 9.36. The molecule has 0 aromatic heterocycles. The topological polar surface area (TPSA) is 88.5 Å². The van der Waals surface area contributed by atoms with Gasteiger partial charge in [0.1, 0.15) is 23.0 Å². The monoisotopic (exact) mass is 496 g/mol. The maximum atomic E-state index is 13.3. The van der Waals surface area contributed by atoms with E-state index in [2.05, 4.69) is 6.92 Å². The summed E-state index contributed by atoms with van der Waals surface area (Å²) < 4.78 is 16.7. The summed E-state index contributed by atoms with van der Waals surface area (Å²) in [5, 5.41) is 11.3. The van der Waals surface area contributed by atoms with Gasteiger partial charge in [0.25, 0.3) is 11.7 Å². The van der Waals surface area contributed by atoms with Crippen LogP contribution < -0.4 is 14.2 Å². The van der Waals surface area contributed by atoms with Crippen LogP contribution in [0.5, 0.6) is 17.2 Å². The van der Waals surface area contributed by atoms with Crippen molar-refractivity contribution in [3.05, 3.63) is 59.2 Å². The number of nitrogens with zero attached hydrogens (tertiary/aromatic N) is 2. The van der Waals surface area contributed by atoms with E-state index in [4.69, 9.17) is 14.2 Å². The molecular weight excluding hydrogens is 460 g/mol. The average Bonchev–Trinajstić information content (AvgIpc) is 3.13. The van der Waals surface area contributed by atoms with Gasteiger partial charge in [-0.1, -0.05) is 13.3 Å². The molecule has 1 heterocycles. The first-order chi connectivity index (χ1) is 17.3. The highest BCUT2D eigenvalue weighted by Gasteiger charge is 2.47. The lowest BCUT2D eigenvalue weighted by molar-refractivity contribution is -0.140. The molecule has 1 unspecified atom stereocenters. The molecule has 8 heteroatoms. The minimum absolute atomic E-state index is 0.0241. The van der Waals surface area contributed by atoms with Crippen LogP contribution in [-0.4, -0.2) is 74.6 Å². The zero-order chi connectivity index (χ0) is 26.2. The second-order valence-electron chi connectivity index (χ2n) is 8.98. The van der Waals surface area contributed by atoms with Crippen molar-refractivity contribution in [2.45, 2.75) is 32.2 Å². The molecule has 1 aliphatic rings. The van der Waals surface area contributed by atoms with Gasteiger partial charge in [0.2, 0.25) is 0 Å². The summed E-state index contributed by atoms with van der Waals surface area (Å²) in [5.74, 6) is 0.109. The van der Waals surface area contributed by atoms with E-state index in [-0.39, 0.29) is 11.3 Å². The Morgan fingerprint density at radius 1 is 1.00 bits per heavy atom. The second-order valence-corrected chi connectivity index (χ2v) is 8.98. The van der Waals surface area contributed by atoms with E-state index >= 15 is 0 Å². The molecule has 1 amide bonds. The summed E-state index contributed by atoms with van der Waals surface area (Å²) in [6.07, 6.45) is 2.63. The van der Waals surface area contributed by atoms with Gasteiger partial charge in [0, 0.05) is 17.7 Å². The molecule has 0 radical (unpaired) electrons. The first-order valence-corrected chi connectivity index (χ1v) is 12.2. The van der Waals surface area contributed by atoms with E-state index in [0.717, 1.165) is 19.4 Å². The van der Waals surface area contributed by atoms with Gasteiger partial charge in [-0.15, -0.1) is 0 Å². The van der Waals surface area contributed by atoms with Crippen molar-refractivity contribution in [3.8, 4) is 17.2 Å². The normalized spacial score (nSPS) is 17.1. The van der Waals surface area contributed by atoms with Crippen LogP contribution in [0, 0.1) is 0 Å². The van der Waals surface area contributed by atoms with E-state index in [1.54, 1.807) is 49.6 Å². The highest BCUT2D eigenvalue weighted by atomic mass is 16.5. The molecule has 0 aliphatic carbocycles. The molecular formula is C28H36N2O6. The minimum Gasteiger partial charge on any atom is -0.507 e. The van der Waals surface area contributed by atoms with Crippen LogP contribution in [0.2, 0.25) is 0 Å². The number of ketones is 1. The number of benzene rings is 2. The molecule has 1 saturated heterocycles. The number of carbonyl (C=O) groups is 2. The van der Waals surface area contributed by atoms with E-state index in [0.29, 0.717) is 47.9 Å². The van der Waals surface area contributed by atoms with Gasteiger partial charge in [-0.25, -0.2) is 0 Å². The van der Waals surface area contributed by atoms with E-state index < -0.39 is 17.7 Å². The largest absolute Gasteiger partial charge is 0.507 e. The zero-order valence-corrected chi connectivity index (χ0v) is 21.7. The van der Waals surface area contributed by atoms with Gasteiger partial charge < -0.3 is 29.1 Å². The van der Waals surface area contributed by atoms with Gasteiger partial charge in [0.15, 0.2) is 0 Å². The summed E-state index contributed by atoms with van der Waals surface area (Å²) in [7, 11) is 6.98. The number of hydrogen-bond donors (Lipinski definition) is 1. The third-order valence-electron chi connectivity index (χ3n) is 6.17. The quantitative estimate of drug-likeness (QED) is 0.203. The molecule has 1 aliphatic heterocycles. The molecule has 2 aromatic carbocycles. The fourth-order valence-electron chi connectivity index (χ4n) is 4.24. The maximum Gasteiger partial charge on any atom is 0.295 e. The first-order valence-electron chi connectivity index (χ1n) is 12.2. The number of ether oxygens (including phenoxy) is 3. The number of methoxy groups -OCH3 is 2. The van der Waals surface area contributed by atoms with Gasteiger partial charge in [-0.3, -0.25) is 9.59 Å². The van der Waals surface area contributed by atoms with Crippen molar-refractivity contribution in [1.82, 2.24) is 9.80 Å². The fraction of sp³-hybridized carbons (Fsp3) is 0.429. The van der Waals surface area contributed by atoms with Crippen LogP contribution in [0.1, 0.15) is 43.4 Å². The van der Waals surface area contributed by atoms with E-state index in [1.807, 2.05) is 19.0 Å². The Hall–Kier alpha value is -3.52. The number of rotatable bonds is 12. The number of likely N-dealkylation sites (tertiary alicyclic amines) is 1. The van der Waals surface area contributed by atoms with E-state index in [1.165, 1.54) is 12.0 Å². The Labute approximate surface area is 213 Å². The Balaban J connectivity index is 2.08. The predicted octanol–water partition coefficient (Wildman–Crippen LogP) is 4.26. The third-order valence-corrected chi connectivity index (χ3v) is 6.17. The van der Waals surface area contributed by atoms with Crippen LogP contribution in [0.25, 0.3) is 5.76 Å². The minimum atomic E-state index is -0.822. The number of amides is 1. The molecule has 1 N–H and O–H groups in total. The van der Waals surface area contributed by atoms with Crippen LogP contribution in [0.4, 0.5) is 0 Å². The zero-order valence-electron chi connectivity index (χ0n) is 21.7. The van der Waals surface area contributed by atoms with Gasteiger partial charge >= 0.3 is 0 Å². The summed E-state index contributed by atoms with van der Waals surface area (Å²) >= 11 is 0. The molecule has 194 valence electrons. The summed E-state index contributed by atoms with van der Waals surface area (Å²) in [5.41, 5.74) is 1.02. The number of Topliss-reactive ketones (excluding diaryl/α,β-unsaturated/α-hetero) is 1.